The van der Waals surface area contributed by atoms with E-state index in [1.807, 2.05) is 61.5 Å². The summed E-state index contributed by atoms with van der Waals surface area (Å²) in [6.07, 6.45) is -1.02. The van der Waals surface area contributed by atoms with Gasteiger partial charge < -0.3 is 14.8 Å². The summed E-state index contributed by atoms with van der Waals surface area (Å²) in [4.78, 5) is 13.4. The van der Waals surface area contributed by atoms with Crippen LogP contribution in [0.4, 0.5) is 5.69 Å². The third-order valence-corrected chi connectivity index (χ3v) is 8.80. The average molecular weight is 559 g/mol. The summed E-state index contributed by atoms with van der Waals surface area (Å²) in [5.74, 6) is 0.679. The molecule has 5 rings (SSSR count). The number of carbonyl (C=O) groups is 1. The zero-order valence-corrected chi connectivity index (χ0v) is 24.0. The Morgan fingerprint density at radius 1 is 1.00 bits per heavy atom. The molecule has 0 bridgehead atoms. The first-order valence-electron chi connectivity index (χ1n) is 13.3. The van der Waals surface area contributed by atoms with Gasteiger partial charge in [0, 0.05) is 5.39 Å². The largest absolute Gasteiger partial charge is 0.491 e. The number of nitrogens with one attached hydrogen (secondary N) is 1. The van der Waals surface area contributed by atoms with E-state index in [-0.39, 0.29) is 30.0 Å². The molecular weight excluding hydrogens is 524 g/mol. The van der Waals surface area contributed by atoms with Crippen molar-refractivity contribution < 1.29 is 22.7 Å². The smallest absolute Gasteiger partial charge is 0.264 e. The second-order valence-corrected chi connectivity index (χ2v) is 12.9. The number of rotatable bonds is 7. The number of ether oxygens (including phenoxy) is 2. The molecule has 4 aromatic rings. The highest BCUT2D eigenvalue weighted by molar-refractivity contribution is 7.92. The van der Waals surface area contributed by atoms with Crippen molar-refractivity contribution in [2.45, 2.75) is 44.1 Å². The molecule has 1 amide bonds. The first-order valence-corrected chi connectivity index (χ1v) is 14.8. The predicted molar refractivity (Wildman–Crippen MR) is 158 cm³/mol. The summed E-state index contributed by atoms with van der Waals surface area (Å²) < 4.78 is 41.0. The van der Waals surface area contributed by atoms with Gasteiger partial charge in [-0.05, 0) is 53.6 Å². The van der Waals surface area contributed by atoms with Gasteiger partial charge in [0.1, 0.15) is 18.1 Å². The molecule has 1 N–H and O–H groups in total. The summed E-state index contributed by atoms with van der Waals surface area (Å²) >= 11 is 0. The SMILES string of the molecule is Cc1ccc(S(=O)(=O)N2CC(C(=O)NCCOc3cccc4ccccc34)Oc3ccc(C(C)(C)C)cc32)cc1. The van der Waals surface area contributed by atoms with Crippen molar-refractivity contribution in [3.05, 3.63) is 96.1 Å². The first kappa shape index (κ1) is 27.5. The number of fused-ring (bicyclic) bond motifs is 2. The van der Waals surface area contributed by atoms with Crippen molar-refractivity contribution in [3.8, 4) is 11.5 Å². The minimum atomic E-state index is -3.95. The monoisotopic (exact) mass is 558 g/mol. The molecule has 8 heteroatoms. The maximum absolute atomic E-state index is 13.8. The second kappa shape index (κ2) is 10.8. The van der Waals surface area contributed by atoms with E-state index in [9.17, 15) is 13.2 Å². The zero-order chi connectivity index (χ0) is 28.5. The summed E-state index contributed by atoms with van der Waals surface area (Å²) in [7, 11) is -3.95. The molecule has 0 radical (unpaired) electrons. The molecule has 7 nitrogen and oxygen atoms in total. The second-order valence-electron chi connectivity index (χ2n) is 11.0. The van der Waals surface area contributed by atoms with Crippen molar-refractivity contribution in [2.75, 3.05) is 24.0 Å². The van der Waals surface area contributed by atoms with Crippen molar-refractivity contribution in [3.63, 3.8) is 0 Å². The van der Waals surface area contributed by atoms with Crippen molar-refractivity contribution in [1.82, 2.24) is 5.32 Å². The lowest BCUT2D eigenvalue weighted by Gasteiger charge is -2.36. The van der Waals surface area contributed by atoms with Gasteiger partial charge in [0.2, 0.25) is 0 Å². The highest BCUT2D eigenvalue weighted by Crippen LogP contribution is 2.40. The lowest BCUT2D eigenvalue weighted by molar-refractivity contribution is -0.127. The van der Waals surface area contributed by atoms with E-state index in [0.717, 1.165) is 27.6 Å². The molecule has 40 heavy (non-hydrogen) atoms. The van der Waals surface area contributed by atoms with Crippen LogP contribution in [0.1, 0.15) is 31.9 Å². The molecule has 1 aliphatic heterocycles. The van der Waals surface area contributed by atoms with Crippen molar-refractivity contribution in [2.24, 2.45) is 0 Å². The molecule has 208 valence electrons. The van der Waals surface area contributed by atoms with E-state index in [0.29, 0.717) is 11.4 Å². The van der Waals surface area contributed by atoms with Gasteiger partial charge in [0.05, 0.1) is 23.7 Å². The Bertz CT molecular complexity index is 1640. The van der Waals surface area contributed by atoms with Gasteiger partial charge in [-0.1, -0.05) is 80.9 Å². The molecule has 1 unspecified atom stereocenters. The molecular formula is C32H34N2O5S. The van der Waals surface area contributed by atoms with Crippen LogP contribution in [0.3, 0.4) is 0 Å². The maximum Gasteiger partial charge on any atom is 0.264 e. The van der Waals surface area contributed by atoms with Gasteiger partial charge in [-0.3, -0.25) is 9.10 Å². The normalized spacial score (nSPS) is 15.3. The van der Waals surface area contributed by atoms with Crippen molar-refractivity contribution in [1.29, 1.82) is 0 Å². The topological polar surface area (TPSA) is 84.9 Å². The number of carbonyl (C=O) groups excluding carboxylic acids is 1. The molecule has 1 heterocycles. The molecule has 0 fully saturated rings. The fraction of sp³-hybridized carbons (Fsp3) is 0.281. The molecule has 0 aromatic heterocycles. The number of anilines is 1. The van der Waals surface area contributed by atoms with E-state index in [1.54, 1.807) is 30.3 Å². The van der Waals surface area contributed by atoms with Crippen LogP contribution in [-0.2, 0) is 20.2 Å². The number of sulfonamides is 1. The Morgan fingerprint density at radius 3 is 2.48 bits per heavy atom. The molecule has 0 saturated carbocycles. The van der Waals surface area contributed by atoms with Gasteiger partial charge >= 0.3 is 0 Å². The fourth-order valence-electron chi connectivity index (χ4n) is 4.69. The van der Waals surface area contributed by atoms with E-state index in [2.05, 4.69) is 26.1 Å². The molecule has 4 aromatic carbocycles. The molecule has 0 spiro atoms. The fourth-order valence-corrected chi connectivity index (χ4v) is 6.16. The van der Waals surface area contributed by atoms with Crippen LogP contribution in [-0.4, -0.2) is 40.1 Å². The Kier molecular flexibility index (Phi) is 7.47. The van der Waals surface area contributed by atoms with E-state index in [1.165, 1.54) is 4.31 Å². The highest BCUT2D eigenvalue weighted by Gasteiger charge is 2.38. The molecule has 0 aliphatic carbocycles. The third kappa shape index (κ3) is 5.63. The molecule has 1 aliphatic rings. The standard InChI is InChI=1S/C32H34N2O5S/c1-22-12-15-25(16-13-22)40(36,37)34-21-30(39-29-17-14-24(20-27(29)34)32(2,3)4)31(35)33-18-19-38-28-11-7-9-23-8-5-6-10-26(23)28/h5-17,20,30H,18-19,21H2,1-4H3,(H,33,35). The van der Waals surface area contributed by atoms with Crippen LogP contribution in [0.15, 0.2) is 89.8 Å². The van der Waals surface area contributed by atoms with Crippen LogP contribution in [0.5, 0.6) is 11.5 Å². The minimum Gasteiger partial charge on any atom is -0.491 e. The van der Waals surface area contributed by atoms with Crippen LogP contribution in [0.25, 0.3) is 10.8 Å². The van der Waals surface area contributed by atoms with Crippen LogP contribution >= 0.6 is 0 Å². The van der Waals surface area contributed by atoms with Gasteiger partial charge in [-0.2, -0.15) is 0 Å². The number of hydrogen-bond donors (Lipinski definition) is 1. The average Bonchev–Trinajstić information content (AvgIpc) is 2.94. The van der Waals surface area contributed by atoms with E-state index >= 15 is 0 Å². The Balaban J connectivity index is 1.34. The van der Waals surface area contributed by atoms with Crippen molar-refractivity contribution >= 4 is 32.4 Å². The summed E-state index contributed by atoms with van der Waals surface area (Å²) in [5, 5.41) is 4.91. The lowest BCUT2D eigenvalue weighted by Crippen LogP contribution is -2.51. The van der Waals surface area contributed by atoms with Gasteiger partial charge in [0.15, 0.2) is 6.10 Å². The van der Waals surface area contributed by atoms with E-state index in [4.69, 9.17) is 9.47 Å². The summed E-state index contributed by atoms with van der Waals surface area (Å²) in [5.41, 5.74) is 2.15. The summed E-state index contributed by atoms with van der Waals surface area (Å²) in [6, 6.07) is 26.0. The Hall–Kier alpha value is -4.04. The Labute approximate surface area is 235 Å². The zero-order valence-electron chi connectivity index (χ0n) is 23.2. The van der Waals surface area contributed by atoms with Crippen LogP contribution in [0.2, 0.25) is 0 Å². The number of aryl methyl sites for hydroxylation is 1. The maximum atomic E-state index is 13.8. The predicted octanol–water partition coefficient (Wildman–Crippen LogP) is 5.60. The number of amides is 1. The van der Waals surface area contributed by atoms with Gasteiger partial charge in [0.25, 0.3) is 15.9 Å². The third-order valence-electron chi connectivity index (χ3n) is 7.00. The summed E-state index contributed by atoms with van der Waals surface area (Å²) in [6.45, 7) is 8.44. The Morgan fingerprint density at radius 2 is 1.73 bits per heavy atom. The number of nitrogens with zero attached hydrogens (tertiary/aromatic N) is 1. The van der Waals surface area contributed by atoms with Crippen LogP contribution in [0, 0.1) is 6.92 Å². The van der Waals surface area contributed by atoms with Gasteiger partial charge in [-0.15, -0.1) is 0 Å². The van der Waals surface area contributed by atoms with E-state index < -0.39 is 22.0 Å². The molecule has 1 atom stereocenters. The number of benzene rings is 4. The van der Waals surface area contributed by atoms with Crippen LogP contribution < -0.4 is 19.1 Å². The quantitative estimate of drug-likeness (QED) is 0.299. The lowest BCUT2D eigenvalue weighted by atomic mass is 9.86. The first-order chi connectivity index (χ1) is 19.0. The minimum absolute atomic E-state index is 0.146. The number of hydrogen-bond acceptors (Lipinski definition) is 5. The highest BCUT2D eigenvalue weighted by atomic mass is 32.2. The molecule has 0 saturated heterocycles. The van der Waals surface area contributed by atoms with Gasteiger partial charge in [-0.25, -0.2) is 8.42 Å².